The van der Waals surface area contributed by atoms with Gasteiger partial charge in [0.15, 0.2) is 11.5 Å². The largest absolute Gasteiger partial charge is 0.493 e. The second-order valence-electron chi connectivity index (χ2n) is 6.33. The lowest BCUT2D eigenvalue weighted by Gasteiger charge is -2.12. The van der Waals surface area contributed by atoms with Crippen LogP contribution in [-0.4, -0.2) is 30.2 Å². The number of aromatic nitrogens is 1. The third kappa shape index (κ3) is 5.19. The van der Waals surface area contributed by atoms with Gasteiger partial charge in [-0.05, 0) is 50.6 Å². The minimum absolute atomic E-state index is 0.0671. The van der Waals surface area contributed by atoms with Gasteiger partial charge < -0.3 is 14.0 Å². The predicted octanol–water partition coefficient (Wildman–Crippen LogP) is 4.86. The van der Waals surface area contributed by atoms with Crippen molar-refractivity contribution in [2.45, 2.75) is 33.5 Å². The smallest absolute Gasteiger partial charge is 0.406 e. The van der Waals surface area contributed by atoms with Crippen LogP contribution in [0.25, 0.3) is 6.08 Å². The number of allylic oxidation sites excluding steroid dienone is 1. The van der Waals surface area contributed by atoms with Crippen LogP contribution >= 0.6 is 0 Å². The molecule has 0 atom stereocenters. The van der Waals surface area contributed by atoms with Crippen LogP contribution in [-0.2, 0) is 6.54 Å². The average molecular weight is 406 g/mol. The number of carbonyl (C=O) groups excluding carboxylic acids is 1. The van der Waals surface area contributed by atoms with Crippen molar-refractivity contribution in [3.8, 4) is 17.6 Å². The lowest BCUT2D eigenvalue weighted by atomic mass is 10.0. The lowest BCUT2D eigenvalue weighted by molar-refractivity contribution is -0.141. The van der Waals surface area contributed by atoms with Crippen molar-refractivity contribution in [1.82, 2.24) is 4.57 Å². The number of Topliss-reactive ketones (excluding diaryl/α,β-unsaturated/α-hetero) is 1. The summed E-state index contributed by atoms with van der Waals surface area (Å²) < 4.78 is 50.1. The normalized spacial score (nSPS) is 11.9. The molecule has 1 heterocycles. The molecule has 0 fully saturated rings. The maximum absolute atomic E-state index is 12.8. The quantitative estimate of drug-likeness (QED) is 0.374. The molecule has 2 aromatic rings. The third-order valence-electron chi connectivity index (χ3n) is 4.32. The van der Waals surface area contributed by atoms with E-state index in [4.69, 9.17) is 9.47 Å². The van der Waals surface area contributed by atoms with Crippen LogP contribution in [0.4, 0.5) is 13.2 Å². The molecule has 0 aliphatic carbocycles. The predicted molar refractivity (Wildman–Crippen MR) is 102 cm³/mol. The lowest BCUT2D eigenvalue weighted by Crippen LogP contribution is -2.19. The number of aryl methyl sites for hydroxylation is 1. The number of benzene rings is 1. The Hall–Kier alpha value is -3.21. The van der Waals surface area contributed by atoms with E-state index < -0.39 is 18.5 Å². The number of hydrogen-bond acceptors (Lipinski definition) is 4. The van der Waals surface area contributed by atoms with Gasteiger partial charge in [0.05, 0.1) is 13.7 Å². The Morgan fingerprint density at radius 2 is 1.93 bits per heavy atom. The molecule has 0 spiro atoms. The minimum atomic E-state index is -4.42. The fraction of sp³-hybridized carbons (Fsp3) is 0.333. The number of ether oxygens (including phenoxy) is 2. The van der Waals surface area contributed by atoms with Gasteiger partial charge >= 0.3 is 6.18 Å². The molecule has 1 aromatic heterocycles. The van der Waals surface area contributed by atoms with Gasteiger partial charge in [0.25, 0.3) is 0 Å². The van der Waals surface area contributed by atoms with Gasteiger partial charge in [0, 0.05) is 17.0 Å². The third-order valence-corrected chi connectivity index (χ3v) is 4.32. The van der Waals surface area contributed by atoms with Gasteiger partial charge in [-0.3, -0.25) is 4.79 Å². The first kappa shape index (κ1) is 22.1. The molecule has 1 aromatic carbocycles. The topological polar surface area (TPSA) is 64.2 Å². The Morgan fingerprint density at radius 1 is 1.24 bits per heavy atom. The fourth-order valence-electron chi connectivity index (χ4n) is 2.96. The van der Waals surface area contributed by atoms with E-state index in [1.807, 2.05) is 13.0 Å². The van der Waals surface area contributed by atoms with E-state index in [1.54, 1.807) is 18.2 Å². The molecule has 29 heavy (non-hydrogen) atoms. The second kappa shape index (κ2) is 8.86. The molecule has 8 heteroatoms. The van der Waals surface area contributed by atoms with E-state index >= 15 is 0 Å². The Balaban J connectivity index is 2.42. The summed E-state index contributed by atoms with van der Waals surface area (Å²) in [6.07, 6.45) is -3.04. The Bertz CT molecular complexity index is 982. The molecule has 5 nitrogen and oxygen atoms in total. The number of nitriles is 1. The number of methoxy groups -OCH3 is 1. The molecule has 2 rings (SSSR count). The van der Waals surface area contributed by atoms with Crippen LogP contribution < -0.4 is 9.47 Å². The van der Waals surface area contributed by atoms with Crippen LogP contribution in [0, 0.1) is 25.2 Å². The Kier molecular flexibility index (Phi) is 6.75. The van der Waals surface area contributed by atoms with Crippen LogP contribution in [0.2, 0.25) is 0 Å². The van der Waals surface area contributed by atoms with E-state index in [2.05, 4.69) is 0 Å². The first-order valence-corrected chi connectivity index (χ1v) is 8.82. The van der Waals surface area contributed by atoms with Crippen LogP contribution in [0.15, 0.2) is 29.8 Å². The molecule has 0 bridgehead atoms. The molecule has 0 unspecified atom stereocenters. The van der Waals surface area contributed by atoms with Crippen LogP contribution in [0.5, 0.6) is 11.5 Å². The van der Waals surface area contributed by atoms with E-state index in [0.717, 1.165) is 4.57 Å². The summed E-state index contributed by atoms with van der Waals surface area (Å²) in [5, 5.41) is 9.46. The van der Waals surface area contributed by atoms with E-state index in [9.17, 15) is 23.2 Å². The van der Waals surface area contributed by atoms with E-state index in [-0.39, 0.29) is 16.8 Å². The zero-order valence-electron chi connectivity index (χ0n) is 16.6. The summed E-state index contributed by atoms with van der Waals surface area (Å²) in [6.45, 7) is 4.00. The Labute approximate surface area is 167 Å². The number of ketones is 1. The first-order chi connectivity index (χ1) is 13.6. The molecule has 0 saturated heterocycles. The minimum Gasteiger partial charge on any atom is -0.493 e. The monoisotopic (exact) mass is 406 g/mol. The Morgan fingerprint density at radius 3 is 2.48 bits per heavy atom. The summed E-state index contributed by atoms with van der Waals surface area (Å²) in [4.78, 5) is 12.8. The molecule has 0 aliphatic heterocycles. The van der Waals surface area contributed by atoms with Gasteiger partial charge in [-0.1, -0.05) is 6.07 Å². The zero-order valence-corrected chi connectivity index (χ0v) is 16.6. The van der Waals surface area contributed by atoms with Crippen molar-refractivity contribution in [3.63, 3.8) is 0 Å². The SMILES string of the molecule is CCOc1ccc(/C=C(\C#N)C(=O)c2cc(C)n(CC(F)(F)F)c2C)cc1OC. The van der Waals surface area contributed by atoms with E-state index in [0.29, 0.717) is 29.4 Å². The van der Waals surface area contributed by atoms with Gasteiger partial charge in [-0.15, -0.1) is 0 Å². The van der Waals surface area contributed by atoms with Crippen molar-refractivity contribution < 1.29 is 27.4 Å². The summed E-state index contributed by atoms with van der Waals surface area (Å²) in [5.74, 6) is 0.322. The van der Waals surface area contributed by atoms with Crippen LogP contribution in [0.3, 0.4) is 0 Å². The summed E-state index contributed by atoms with van der Waals surface area (Å²) >= 11 is 0. The summed E-state index contributed by atoms with van der Waals surface area (Å²) in [5.41, 5.74) is 0.860. The summed E-state index contributed by atoms with van der Waals surface area (Å²) in [7, 11) is 1.47. The zero-order chi connectivity index (χ0) is 21.8. The van der Waals surface area contributed by atoms with Crippen molar-refractivity contribution >= 4 is 11.9 Å². The number of carbonyl (C=O) groups is 1. The second-order valence-corrected chi connectivity index (χ2v) is 6.33. The maximum Gasteiger partial charge on any atom is 0.406 e. The van der Waals surface area contributed by atoms with Crippen molar-refractivity contribution in [1.29, 1.82) is 5.26 Å². The highest BCUT2D eigenvalue weighted by molar-refractivity contribution is 6.14. The van der Waals surface area contributed by atoms with Crippen molar-refractivity contribution in [2.24, 2.45) is 0 Å². The fourth-order valence-corrected chi connectivity index (χ4v) is 2.96. The number of hydrogen-bond donors (Lipinski definition) is 0. The van der Waals surface area contributed by atoms with Gasteiger partial charge in [-0.2, -0.15) is 18.4 Å². The molecule has 0 saturated carbocycles. The number of nitrogens with zero attached hydrogens (tertiary/aromatic N) is 2. The molecule has 0 amide bonds. The van der Waals surface area contributed by atoms with Gasteiger partial charge in [0.2, 0.25) is 5.78 Å². The summed E-state index contributed by atoms with van der Waals surface area (Å²) in [6, 6.07) is 8.13. The standard InChI is InChI=1S/C21H21F3N2O3/c1-5-29-18-7-6-15(10-19(18)28-4)9-16(11-25)20(27)17-8-13(2)26(14(17)3)12-21(22,23)24/h6-10H,5,12H2,1-4H3/b16-9+. The van der Waals surface area contributed by atoms with Crippen molar-refractivity contribution in [2.75, 3.05) is 13.7 Å². The van der Waals surface area contributed by atoms with Crippen molar-refractivity contribution in [3.05, 3.63) is 52.4 Å². The highest BCUT2D eigenvalue weighted by Gasteiger charge is 2.30. The number of halogens is 3. The molecular formula is C21H21F3N2O3. The number of rotatable bonds is 7. The molecule has 0 radical (unpaired) electrons. The van der Waals surface area contributed by atoms with Gasteiger partial charge in [-0.25, -0.2) is 0 Å². The highest BCUT2D eigenvalue weighted by atomic mass is 19.4. The first-order valence-electron chi connectivity index (χ1n) is 8.82. The van der Waals surface area contributed by atoms with E-state index in [1.165, 1.54) is 33.1 Å². The van der Waals surface area contributed by atoms with Crippen LogP contribution in [0.1, 0.15) is 34.2 Å². The molecule has 0 aliphatic rings. The van der Waals surface area contributed by atoms with Gasteiger partial charge in [0.1, 0.15) is 18.2 Å². The highest BCUT2D eigenvalue weighted by Crippen LogP contribution is 2.30. The molecular weight excluding hydrogens is 385 g/mol. The molecule has 0 N–H and O–H groups in total. The number of alkyl halides is 3. The molecule has 154 valence electrons. The average Bonchev–Trinajstić information content (AvgIpc) is 2.93. The maximum atomic E-state index is 12.8.